The quantitative estimate of drug-likeness (QED) is 0.769. The average molecular weight is 267 g/mol. The molecule has 0 spiro atoms. The van der Waals surface area contributed by atoms with E-state index < -0.39 is 0 Å². The Balaban J connectivity index is 2.42. The Morgan fingerprint density at radius 1 is 1.53 bits per heavy atom. The molecule has 2 nitrogen and oxygen atoms in total. The van der Waals surface area contributed by atoms with Crippen molar-refractivity contribution in [2.75, 3.05) is 5.32 Å². The maximum atomic E-state index is 4.53. The molecular weight excluding hydrogens is 252 g/mol. The lowest BCUT2D eigenvalue weighted by molar-refractivity contribution is 0.574. The Bertz CT molecular complexity index is 387. The first-order valence-electron chi connectivity index (χ1n) is 5.24. The molecule has 0 amide bonds. The number of hydrogen-bond acceptors (Lipinski definition) is 2. The molecule has 0 saturated heterocycles. The number of nitrogens with zero attached hydrogens (tertiary/aromatic N) is 1. The summed E-state index contributed by atoms with van der Waals surface area (Å²) in [6, 6.07) is 7.14. The highest BCUT2D eigenvalue weighted by atomic mass is 79.9. The number of rotatable bonds is 1. The van der Waals surface area contributed by atoms with Crippen molar-refractivity contribution >= 4 is 27.8 Å². The van der Waals surface area contributed by atoms with Gasteiger partial charge in [0.05, 0.1) is 6.04 Å². The summed E-state index contributed by atoms with van der Waals surface area (Å²) in [6.45, 7) is 4.17. The molecular formula is C12H15BrN2. The third kappa shape index (κ3) is 2.23. The molecule has 3 heteroatoms. The molecule has 1 aliphatic heterocycles. The van der Waals surface area contributed by atoms with Gasteiger partial charge in [-0.25, -0.2) is 0 Å². The zero-order valence-electron chi connectivity index (χ0n) is 9.00. The first-order valence-corrected chi connectivity index (χ1v) is 6.03. The summed E-state index contributed by atoms with van der Waals surface area (Å²) in [6.07, 6.45) is 2.96. The van der Waals surface area contributed by atoms with Crippen LogP contribution in [0.3, 0.4) is 0 Å². The average Bonchev–Trinajstić information content (AvgIpc) is 2.19. The molecule has 1 heterocycles. The minimum Gasteiger partial charge on any atom is -0.382 e. The smallest absolute Gasteiger partial charge is 0.0784 e. The highest BCUT2D eigenvalue weighted by Gasteiger charge is 2.23. The lowest BCUT2D eigenvalue weighted by Crippen LogP contribution is -2.24. The second-order valence-electron chi connectivity index (χ2n) is 3.94. The van der Waals surface area contributed by atoms with Crippen LogP contribution in [-0.2, 0) is 0 Å². The van der Waals surface area contributed by atoms with Gasteiger partial charge in [0.15, 0.2) is 0 Å². The molecule has 0 aliphatic carbocycles. The van der Waals surface area contributed by atoms with Gasteiger partial charge in [0.1, 0.15) is 0 Å². The third-order valence-electron chi connectivity index (χ3n) is 2.68. The van der Waals surface area contributed by atoms with E-state index in [4.69, 9.17) is 0 Å². The number of hydrogen-bond donors (Lipinski definition) is 1. The maximum absolute atomic E-state index is 4.53. The van der Waals surface area contributed by atoms with E-state index in [2.05, 4.69) is 51.4 Å². The van der Waals surface area contributed by atoms with Gasteiger partial charge in [-0.3, -0.25) is 4.99 Å². The van der Waals surface area contributed by atoms with Gasteiger partial charge in [0.2, 0.25) is 0 Å². The minimum atomic E-state index is 0.304. The number of aliphatic imine (C=N–C) groups is 1. The molecule has 80 valence electrons. The zero-order valence-corrected chi connectivity index (χ0v) is 10.6. The second-order valence-corrected chi connectivity index (χ2v) is 4.85. The van der Waals surface area contributed by atoms with E-state index in [1.807, 2.05) is 13.1 Å². The summed E-state index contributed by atoms with van der Waals surface area (Å²) in [4.78, 5) is 4.53. The van der Waals surface area contributed by atoms with Crippen LogP contribution in [0.1, 0.15) is 31.9 Å². The van der Waals surface area contributed by atoms with Crippen LogP contribution in [0, 0.1) is 0 Å². The highest BCUT2D eigenvalue weighted by Crippen LogP contribution is 2.36. The zero-order chi connectivity index (χ0) is 10.8. The highest BCUT2D eigenvalue weighted by molar-refractivity contribution is 9.10. The van der Waals surface area contributed by atoms with Gasteiger partial charge < -0.3 is 5.32 Å². The minimum absolute atomic E-state index is 0.304. The molecule has 15 heavy (non-hydrogen) atoms. The van der Waals surface area contributed by atoms with Crippen molar-refractivity contribution < 1.29 is 0 Å². The summed E-state index contributed by atoms with van der Waals surface area (Å²) in [7, 11) is 0. The molecule has 1 aliphatic rings. The topological polar surface area (TPSA) is 24.4 Å². The van der Waals surface area contributed by atoms with E-state index in [-0.39, 0.29) is 0 Å². The van der Waals surface area contributed by atoms with E-state index in [0.29, 0.717) is 12.1 Å². The Morgan fingerprint density at radius 3 is 3.07 bits per heavy atom. The number of nitrogens with one attached hydrogen (secondary N) is 1. The number of benzene rings is 1. The maximum Gasteiger partial charge on any atom is 0.0784 e. The Kier molecular flexibility index (Phi) is 3.10. The lowest BCUT2D eigenvalue weighted by atomic mass is 9.94. The third-order valence-corrected chi connectivity index (χ3v) is 3.17. The van der Waals surface area contributed by atoms with Crippen LogP contribution >= 0.6 is 15.9 Å². The van der Waals surface area contributed by atoms with Gasteiger partial charge in [-0.2, -0.15) is 0 Å². The van der Waals surface area contributed by atoms with Gasteiger partial charge in [-0.15, -0.1) is 0 Å². The lowest BCUT2D eigenvalue weighted by Gasteiger charge is -2.29. The first-order chi connectivity index (χ1) is 7.20. The Hall–Kier alpha value is -0.830. The Labute approximate surface area is 98.9 Å². The fourth-order valence-corrected chi connectivity index (χ4v) is 2.43. The standard InChI is InChI=1S/C12H15BrN2/c1-3-14-12-6-8(2)15-11-5-4-9(13)7-10(11)12/h3-5,7-8,12,15H,6H2,1-2H3. The van der Waals surface area contributed by atoms with E-state index in [0.717, 1.165) is 10.9 Å². The fraction of sp³-hybridized carbons (Fsp3) is 0.417. The monoisotopic (exact) mass is 266 g/mol. The van der Waals surface area contributed by atoms with E-state index in [1.54, 1.807) is 0 Å². The van der Waals surface area contributed by atoms with Crippen LogP contribution < -0.4 is 5.32 Å². The largest absolute Gasteiger partial charge is 0.382 e. The van der Waals surface area contributed by atoms with Crippen LogP contribution in [0.15, 0.2) is 27.7 Å². The van der Waals surface area contributed by atoms with Crippen LogP contribution in [0.5, 0.6) is 0 Å². The van der Waals surface area contributed by atoms with Gasteiger partial charge in [0.25, 0.3) is 0 Å². The number of fused-ring (bicyclic) bond motifs is 1. The summed E-state index contributed by atoms with van der Waals surface area (Å²) in [5.41, 5.74) is 2.51. The molecule has 2 rings (SSSR count). The van der Waals surface area contributed by atoms with Gasteiger partial charge in [-0.1, -0.05) is 15.9 Å². The molecule has 1 N–H and O–H groups in total. The van der Waals surface area contributed by atoms with Crippen molar-refractivity contribution in [3.63, 3.8) is 0 Å². The van der Waals surface area contributed by atoms with Crippen LogP contribution in [0.4, 0.5) is 5.69 Å². The predicted octanol–water partition coefficient (Wildman–Crippen LogP) is 3.79. The summed E-state index contributed by atoms with van der Waals surface area (Å²) in [5, 5.41) is 3.48. The van der Waals surface area contributed by atoms with Gasteiger partial charge in [0, 0.05) is 21.8 Å². The number of halogens is 1. The van der Waals surface area contributed by atoms with Crippen molar-refractivity contribution in [3.8, 4) is 0 Å². The second kappa shape index (κ2) is 4.35. The normalized spacial score (nSPS) is 25.0. The molecule has 1 aromatic rings. The molecule has 0 bridgehead atoms. The molecule has 2 atom stereocenters. The molecule has 1 aromatic carbocycles. The molecule has 0 fully saturated rings. The van der Waals surface area contributed by atoms with Crippen LogP contribution in [-0.4, -0.2) is 12.3 Å². The fourth-order valence-electron chi connectivity index (χ4n) is 2.05. The number of anilines is 1. The van der Waals surface area contributed by atoms with E-state index in [9.17, 15) is 0 Å². The van der Waals surface area contributed by atoms with Crippen molar-refractivity contribution in [2.24, 2.45) is 4.99 Å². The van der Waals surface area contributed by atoms with Crippen LogP contribution in [0.2, 0.25) is 0 Å². The summed E-state index contributed by atoms with van der Waals surface area (Å²) in [5.74, 6) is 0. The van der Waals surface area contributed by atoms with Crippen LogP contribution in [0.25, 0.3) is 0 Å². The molecule has 0 aromatic heterocycles. The van der Waals surface area contributed by atoms with Crippen molar-refractivity contribution in [3.05, 3.63) is 28.2 Å². The van der Waals surface area contributed by atoms with Crippen molar-refractivity contribution in [2.45, 2.75) is 32.4 Å². The first kappa shape index (κ1) is 10.7. The van der Waals surface area contributed by atoms with E-state index >= 15 is 0 Å². The van der Waals surface area contributed by atoms with Gasteiger partial charge >= 0.3 is 0 Å². The SMILES string of the molecule is CC=NC1CC(C)Nc2ccc(Br)cc21. The molecule has 0 saturated carbocycles. The Morgan fingerprint density at radius 2 is 2.33 bits per heavy atom. The molecule has 2 unspecified atom stereocenters. The van der Waals surface area contributed by atoms with E-state index in [1.165, 1.54) is 11.3 Å². The van der Waals surface area contributed by atoms with Crippen molar-refractivity contribution in [1.29, 1.82) is 0 Å². The van der Waals surface area contributed by atoms with Crippen molar-refractivity contribution in [1.82, 2.24) is 0 Å². The van der Waals surface area contributed by atoms with Gasteiger partial charge in [-0.05, 0) is 44.7 Å². The molecule has 0 radical (unpaired) electrons. The summed E-state index contributed by atoms with van der Waals surface area (Å²) >= 11 is 3.50. The summed E-state index contributed by atoms with van der Waals surface area (Å²) < 4.78 is 1.12. The predicted molar refractivity (Wildman–Crippen MR) is 68.8 cm³/mol.